The molecule has 6 heteroatoms. The third-order valence-corrected chi connectivity index (χ3v) is 4.81. The van der Waals surface area contributed by atoms with Gasteiger partial charge in [-0.3, -0.25) is 14.7 Å². The van der Waals surface area contributed by atoms with Crippen LogP contribution in [0.4, 0.5) is 4.39 Å². The predicted molar refractivity (Wildman–Crippen MR) is 98.6 cm³/mol. The standard InChI is InChI=1S/C19H19FN2O2S/c1-2-24-17-9-4-3-8-16(17)18(23)22-11-10-21-19(22)25-13-14-6-5-7-15(20)12-14/h3-9,12H,2,10-11,13H2,1H3. The van der Waals surface area contributed by atoms with E-state index < -0.39 is 0 Å². The van der Waals surface area contributed by atoms with Crippen molar-refractivity contribution in [3.05, 3.63) is 65.5 Å². The van der Waals surface area contributed by atoms with E-state index in [0.717, 1.165) is 5.56 Å². The number of amidine groups is 1. The molecule has 0 atom stereocenters. The molecule has 4 nitrogen and oxygen atoms in total. The van der Waals surface area contributed by atoms with Crippen LogP contribution in [0.3, 0.4) is 0 Å². The zero-order chi connectivity index (χ0) is 17.6. The van der Waals surface area contributed by atoms with Crippen LogP contribution in [0.5, 0.6) is 5.75 Å². The van der Waals surface area contributed by atoms with Gasteiger partial charge in [-0.05, 0) is 36.8 Å². The molecule has 0 aliphatic carbocycles. The van der Waals surface area contributed by atoms with Crippen molar-refractivity contribution in [3.63, 3.8) is 0 Å². The highest BCUT2D eigenvalue weighted by molar-refractivity contribution is 8.13. The van der Waals surface area contributed by atoms with Crippen LogP contribution in [0.25, 0.3) is 0 Å². The average molecular weight is 358 g/mol. The van der Waals surface area contributed by atoms with Gasteiger partial charge in [-0.25, -0.2) is 4.39 Å². The van der Waals surface area contributed by atoms with E-state index in [0.29, 0.717) is 41.9 Å². The molecule has 0 saturated heterocycles. The van der Waals surface area contributed by atoms with E-state index >= 15 is 0 Å². The van der Waals surface area contributed by atoms with Crippen molar-refractivity contribution in [2.75, 3.05) is 19.7 Å². The maximum Gasteiger partial charge on any atom is 0.263 e. The number of hydrogen-bond donors (Lipinski definition) is 0. The second-order valence-corrected chi connectivity index (χ2v) is 6.41. The van der Waals surface area contributed by atoms with Crippen LogP contribution in [-0.2, 0) is 5.75 Å². The van der Waals surface area contributed by atoms with E-state index in [4.69, 9.17) is 4.74 Å². The van der Waals surface area contributed by atoms with Crippen molar-refractivity contribution in [2.45, 2.75) is 12.7 Å². The van der Waals surface area contributed by atoms with Gasteiger partial charge in [-0.1, -0.05) is 36.0 Å². The van der Waals surface area contributed by atoms with Gasteiger partial charge < -0.3 is 4.74 Å². The molecule has 0 spiro atoms. The fourth-order valence-corrected chi connectivity index (χ4v) is 3.57. The number of benzene rings is 2. The van der Waals surface area contributed by atoms with Crippen molar-refractivity contribution in [1.82, 2.24) is 4.90 Å². The number of carbonyl (C=O) groups excluding carboxylic acids is 1. The molecule has 0 saturated carbocycles. The Hall–Kier alpha value is -2.34. The summed E-state index contributed by atoms with van der Waals surface area (Å²) in [5.41, 5.74) is 1.40. The Morgan fingerprint density at radius 3 is 2.92 bits per heavy atom. The molecular weight excluding hydrogens is 339 g/mol. The van der Waals surface area contributed by atoms with Crippen LogP contribution in [-0.4, -0.2) is 35.7 Å². The van der Waals surface area contributed by atoms with Crippen LogP contribution in [0, 0.1) is 5.82 Å². The number of rotatable bonds is 5. The summed E-state index contributed by atoms with van der Waals surface area (Å²) < 4.78 is 18.9. The molecule has 2 aromatic carbocycles. The van der Waals surface area contributed by atoms with Crippen molar-refractivity contribution < 1.29 is 13.9 Å². The number of aliphatic imine (C=N–C) groups is 1. The number of thioether (sulfide) groups is 1. The molecule has 2 aromatic rings. The maximum atomic E-state index is 13.3. The highest BCUT2D eigenvalue weighted by Gasteiger charge is 2.27. The van der Waals surface area contributed by atoms with Gasteiger partial charge in [0, 0.05) is 12.3 Å². The van der Waals surface area contributed by atoms with Gasteiger partial charge in [0.1, 0.15) is 11.6 Å². The average Bonchev–Trinajstić information content (AvgIpc) is 3.09. The Morgan fingerprint density at radius 2 is 2.12 bits per heavy atom. The lowest BCUT2D eigenvalue weighted by atomic mass is 10.2. The first kappa shape index (κ1) is 17.5. The molecule has 130 valence electrons. The highest BCUT2D eigenvalue weighted by Crippen LogP contribution is 2.25. The minimum Gasteiger partial charge on any atom is -0.493 e. The van der Waals surface area contributed by atoms with E-state index in [1.54, 1.807) is 23.1 Å². The van der Waals surface area contributed by atoms with Gasteiger partial charge in [0.2, 0.25) is 0 Å². The third-order valence-electron chi connectivity index (χ3n) is 3.72. The zero-order valence-corrected chi connectivity index (χ0v) is 14.8. The Labute approximate surface area is 150 Å². The minimum atomic E-state index is -0.259. The summed E-state index contributed by atoms with van der Waals surface area (Å²) in [7, 11) is 0. The first-order valence-corrected chi connectivity index (χ1v) is 9.13. The summed E-state index contributed by atoms with van der Waals surface area (Å²) in [5.74, 6) is 0.765. The number of halogens is 1. The summed E-state index contributed by atoms with van der Waals surface area (Å²) in [6, 6.07) is 13.7. The molecule has 0 unspecified atom stereocenters. The predicted octanol–water partition coefficient (Wildman–Crippen LogP) is 3.97. The number of carbonyl (C=O) groups is 1. The second kappa shape index (κ2) is 8.16. The number of hydrogen-bond acceptors (Lipinski definition) is 4. The number of nitrogens with zero attached hydrogens (tertiary/aromatic N) is 2. The second-order valence-electron chi connectivity index (χ2n) is 5.47. The zero-order valence-electron chi connectivity index (χ0n) is 13.9. The largest absolute Gasteiger partial charge is 0.493 e. The van der Waals surface area contributed by atoms with E-state index in [1.807, 2.05) is 25.1 Å². The van der Waals surface area contributed by atoms with E-state index in [-0.39, 0.29) is 11.7 Å². The molecule has 0 bridgehead atoms. The van der Waals surface area contributed by atoms with Crippen LogP contribution in [0.1, 0.15) is 22.8 Å². The fourth-order valence-electron chi connectivity index (χ4n) is 2.58. The summed E-state index contributed by atoms with van der Waals surface area (Å²) in [4.78, 5) is 19.0. The quantitative estimate of drug-likeness (QED) is 0.812. The van der Waals surface area contributed by atoms with Gasteiger partial charge in [0.25, 0.3) is 5.91 Å². The molecule has 3 rings (SSSR count). The summed E-state index contributed by atoms with van der Waals surface area (Å²) in [6.45, 7) is 3.51. The smallest absolute Gasteiger partial charge is 0.263 e. The lowest BCUT2D eigenvalue weighted by Crippen LogP contribution is -2.33. The SMILES string of the molecule is CCOc1ccccc1C(=O)N1CCN=C1SCc1cccc(F)c1. The van der Waals surface area contributed by atoms with Crippen molar-refractivity contribution in [2.24, 2.45) is 4.99 Å². The number of para-hydroxylation sites is 1. The van der Waals surface area contributed by atoms with Crippen LogP contribution in [0.2, 0.25) is 0 Å². The van der Waals surface area contributed by atoms with Gasteiger partial charge in [-0.2, -0.15) is 0 Å². The Morgan fingerprint density at radius 1 is 1.28 bits per heavy atom. The first-order valence-electron chi connectivity index (χ1n) is 8.14. The summed E-state index contributed by atoms with van der Waals surface area (Å²) in [6.07, 6.45) is 0. The van der Waals surface area contributed by atoms with E-state index in [9.17, 15) is 9.18 Å². The van der Waals surface area contributed by atoms with Crippen LogP contribution in [0.15, 0.2) is 53.5 Å². The number of amides is 1. The molecule has 0 N–H and O–H groups in total. The van der Waals surface area contributed by atoms with Gasteiger partial charge in [0.15, 0.2) is 5.17 Å². The minimum absolute atomic E-state index is 0.118. The van der Waals surface area contributed by atoms with E-state index in [1.165, 1.54) is 23.9 Å². The fraction of sp³-hybridized carbons (Fsp3) is 0.263. The Bertz CT molecular complexity index is 794. The molecule has 1 heterocycles. The highest BCUT2D eigenvalue weighted by atomic mass is 32.2. The topological polar surface area (TPSA) is 41.9 Å². The monoisotopic (exact) mass is 358 g/mol. The normalized spacial score (nSPS) is 13.7. The number of ether oxygens (including phenoxy) is 1. The van der Waals surface area contributed by atoms with Crippen LogP contribution >= 0.6 is 11.8 Å². The van der Waals surface area contributed by atoms with Gasteiger partial charge in [-0.15, -0.1) is 0 Å². The lowest BCUT2D eigenvalue weighted by Gasteiger charge is -2.19. The van der Waals surface area contributed by atoms with Crippen molar-refractivity contribution >= 4 is 22.8 Å². The van der Waals surface area contributed by atoms with Crippen molar-refractivity contribution in [3.8, 4) is 5.75 Å². The molecule has 25 heavy (non-hydrogen) atoms. The van der Waals surface area contributed by atoms with Crippen LogP contribution < -0.4 is 4.74 Å². The summed E-state index contributed by atoms with van der Waals surface area (Å²) in [5, 5.41) is 0.667. The van der Waals surface area contributed by atoms with Gasteiger partial charge in [0.05, 0.1) is 18.7 Å². The molecule has 0 aromatic heterocycles. The van der Waals surface area contributed by atoms with E-state index in [2.05, 4.69) is 4.99 Å². The van der Waals surface area contributed by atoms with Gasteiger partial charge >= 0.3 is 0 Å². The third kappa shape index (κ3) is 4.20. The molecule has 0 radical (unpaired) electrons. The first-order chi connectivity index (χ1) is 12.2. The Balaban J connectivity index is 1.72. The van der Waals surface area contributed by atoms with Crippen molar-refractivity contribution in [1.29, 1.82) is 0 Å². The molecule has 0 fully saturated rings. The molecule has 1 amide bonds. The molecule has 1 aliphatic rings. The lowest BCUT2D eigenvalue weighted by molar-refractivity contribution is 0.0856. The molecular formula is C19H19FN2O2S. The summed E-state index contributed by atoms with van der Waals surface area (Å²) >= 11 is 1.44. The maximum absolute atomic E-state index is 13.3. The Kier molecular flexibility index (Phi) is 5.71. The molecule has 1 aliphatic heterocycles.